The van der Waals surface area contributed by atoms with E-state index in [-0.39, 0.29) is 4.99 Å². The predicted molar refractivity (Wildman–Crippen MR) is 62.9 cm³/mol. The van der Waals surface area contributed by atoms with Crippen LogP contribution in [-0.2, 0) is 0 Å². The normalized spacial score (nSPS) is 9.93. The molecule has 15 heavy (non-hydrogen) atoms. The first-order chi connectivity index (χ1) is 7.25. The Balaban J connectivity index is 2.56. The summed E-state index contributed by atoms with van der Waals surface area (Å²) < 4.78 is 5.46. The van der Waals surface area contributed by atoms with Gasteiger partial charge in [-0.25, -0.2) is 0 Å². The summed E-state index contributed by atoms with van der Waals surface area (Å²) in [5, 5.41) is 7.59. The van der Waals surface area contributed by atoms with Crippen molar-refractivity contribution in [1.82, 2.24) is 10.2 Å². The van der Waals surface area contributed by atoms with Gasteiger partial charge in [0.1, 0.15) is 4.99 Å². The summed E-state index contributed by atoms with van der Waals surface area (Å²) in [6, 6.07) is 1.71. The van der Waals surface area contributed by atoms with E-state index in [0.29, 0.717) is 18.1 Å². The van der Waals surface area contributed by atoms with E-state index in [1.165, 1.54) is 0 Å². The number of hydrogen-bond donors (Lipinski definition) is 1. The van der Waals surface area contributed by atoms with Crippen LogP contribution in [0.1, 0.15) is 31.7 Å². The summed E-state index contributed by atoms with van der Waals surface area (Å²) in [5.74, 6) is 0.432. The summed E-state index contributed by atoms with van der Waals surface area (Å²) in [6.45, 7) is 2.77. The van der Waals surface area contributed by atoms with Crippen LogP contribution in [0.25, 0.3) is 0 Å². The number of nitrogens with zero attached hydrogens (tertiary/aromatic N) is 2. The van der Waals surface area contributed by atoms with E-state index in [4.69, 9.17) is 22.7 Å². The number of unbranched alkanes of at least 4 members (excludes halogenated alkanes) is 2. The Morgan fingerprint density at radius 2 is 2.33 bits per heavy atom. The molecule has 82 valence electrons. The molecular weight excluding hydrogens is 210 g/mol. The van der Waals surface area contributed by atoms with Crippen molar-refractivity contribution in [1.29, 1.82) is 0 Å². The molecule has 2 N–H and O–H groups in total. The van der Waals surface area contributed by atoms with E-state index in [0.717, 1.165) is 19.3 Å². The third kappa shape index (κ3) is 3.79. The zero-order valence-corrected chi connectivity index (χ0v) is 9.59. The summed E-state index contributed by atoms with van der Waals surface area (Å²) in [6.07, 6.45) is 4.85. The molecule has 0 fully saturated rings. The molecule has 1 heterocycles. The van der Waals surface area contributed by atoms with Gasteiger partial charge in [-0.1, -0.05) is 32.0 Å². The van der Waals surface area contributed by atoms with E-state index in [9.17, 15) is 0 Å². The minimum atomic E-state index is 0.287. The van der Waals surface area contributed by atoms with Crippen LogP contribution in [0.2, 0.25) is 0 Å². The molecule has 1 aromatic heterocycles. The van der Waals surface area contributed by atoms with Crippen molar-refractivity contribution in [3.05, 3.63) is 17.8 Å². The number of hydrogen-bond acceptors (Lipinski definition) is 4. The molecule has 0 saturated heterocycles. The van der Waals surface area contributed by atoms with Crippen LogP contribution >= 0.6 is 12.2 Å². The molecule has 1 rings (SSSR count). The lowest BCUT2D eigenvalue weighted by Gasteiger charge is -2.07. The number of ether oxygens (including phenoxy) is 1. The number of rotatable bonds is 6. The second-order valence-corrected chi connectivity index (χ2v) is 3.61. The van der Waals surface area contributed by atoms with Crippen molar-refractivity contribution in [2.75, 3.05) is 6.61 Å². The summed E-state index contributed by atoms with van der Waals surface area (Å²) in [4.78, 5) is 0.287. The first kappa shape index (κ1) is 11.8. The quantitative estimate of drug-likeness (QED) is 0.589. The van der Waals surface area contributed by atoms with Crippen LogP contribution in [0, 0.1) is 0 Å². The molecule has 0 spiro atoms. The molecule has 0 aliphatic heterocycles. The fourth-order valence-electron chi connectivity index (χ4n) is 1.13. The van der Waals surface area contributed by atoms with E-state index in [1.807, 2.05) is 0 Å². The van der Waals surface area contributed by atoms with Crippen LogP contribution in [-0.4, -0.2) is 21.8 Å². The molecule has 0 radical (unpaired) electrons. The van der Waals surface area contributed by atoms with E-state index in [1.54, 1.807) is 12.3 Å². The van der Waals surface area contributed by atoms with Crippen LogP contribution in [0.5, 0.6) is 5.88 Å². The second-order valence-electron chi connectivity index (χ2n) is 3.17. The molecule has 0 unspecified atom stereocenters. The first-order valence-electron chi connectivity index (χ1n) is 5.00. The van der Waals surface area contributed by atoms with Crippen molar-refractivity contribution in [2.45, 2.75) is 26.2 Å². The maximum Gasteiger partial charge on any atom is 0.243 e. The molecule has 0 amide bonds. The minimum Gasteiger partial charge on any atom is -0.476 e. The van der Waals surface area contributed by atoms with Crippen LogP contribution in [0.15, 0.2) is 12.3 Å². The average molecular weight is 225 g/mol. The highest BCUT2D eigenvalue weighted by molar-refractivity contribution is 7.80. The van der Waals surface area contributed by atoms with Crippen molar-refractivity contribution in [3.8, 4) is 5.88 Å². The monoisotopic (exact) mass is 225 g/mol. The lowest BCUT2D eigenvalue weighted by molar-refractivity contribution is 0.291. The zero-order chi connectivity index (χ0) is 11.1. The van der Waals surface area contributed by atoms with Gasteiger partial charge in [-0.3, -0.25) is 0 Å². The van der Waals surface area contributed by atoms with Gasteiger partial charge in [0.15, 0.2) is 0 Å². The third-order valence-corrected chi connectivity index (χ3v) is 2.16. The molecule has 0 aromatic carbocycles. The lowest BCUT2D eigenvalue weighted by atomic mass is 10.2. The predicted octanol–water partition coefficient (Wildman–Crippen LogP) is 1.68. The number of nitrogens with two attached hydrogens (primary N) is 1. The summed E-state index contributed by atoms with van der Waals surface area (Å²) in [5.41, 5.74) is 6.18. The Kier molecular flexibility index (Phi) is 4.97. The highest BCUT2D eigenvalue weighted by atomic mass is 32.1. The van der Waals surface area contributed by atoms with Gasteiger partial charge >= 0.3 is 0 Å². The Labute approximate surface area is 94.8 Å². The molecular formula is C10H15N3OS. The third-order valence-electron chi connectivity index (χ3n) is 1.94. The summed E-state index contributed by atoms with van der Waals surface area (Å²) in [7, 11) is 0. The van der Waals surface area contributed by atoms with Crippen molar-refractivity contribution < 1.29 is 4.74 Å². The smallest absolute Gasteiger partial charge is 0.243 e. The van der Waals surface area contributed by atoms with E-state index in [2.05, 4.69) is 17.1 Å². The highest BCUT2D eigenvalue weighted by Crippen LogP contribution is 2.13. The standard InChI is InChI=1S/C10H15N3OS/c1-2-3-4-7-14-10-8(9(11)15)5-6-12-13-10/h5-6H,2-4,7H2,1H3,(H2,11,15). The van der Waals surface area contributed by atoms with Gasteiger partial charge < -0.3 is 10.5 Å². The largest absolute Gasteiger partial charge is 0.476 e. The Morgan fingerprint density at radius 3 is 3.00 bits per heavy atom. The topological polar surface area (TPSA) is 61.0 Å². The highest BCUT2D eigenvalue weighted by Gasteiger charge is 2.07. The molecule has 0 aliphatic carbocycles. The second kappa shape index (κ2) is 6.29. The Morgan fingerprint density at radius 1 is 1.53 bits per heavy atom. The van der Waals surface area contributed by atoms with Gasteiger partial charge in [-0.15, -0.1) is 5.10 Å². The maximum absolute atomic E-state index is 5.53. The fraction of sp³-hybridized carbons (Fsp3) is 0.500. The molecule has 0 aliphatic rings. The Hall–Kier alpha value is -1.23. The van der Waals surface area contributed by atoms with Gasteiger partial charge in [0.2, 0.25) is 5.88 Å². The lowest BCUT2D eigenvalue weighted by Crippen LogP contribution is -2.13. The minimum absolute atomic E-state index is 0.287. The molecule has 5 heteroatoms. The van der Waals surface area contributed by atoms with Crippen molar-refractivity contribution in [2.24, 2.45) is 5.73 Å². The average Bonchev–Trinajstić information content (AvgIpc) is 2.25. The van der Waals surface area contributed by atoms with E-state index < -0.39 is 0 Å². The molecule has 0 bridgehead atoms. The maximum atomic E-state index is 5.53. The van der Waals surface area contributed by atoms with Crippen LogP contribution in [0.3, 0.4) is 0 Å². The van der Waals surface area contributed by atoms with Gasteiger partial charge in [0.25, 0.3) is 0 Å². The Bertz CT molecular complexity index is 330. The van der Waals surface area contributed by atoms with Crippen LogP contribution < -0.4 is 10.5 Å². The summed E-state index contributed by atoms with van der Waals surface area (Å²) >= 11 is 4.88. The van der Waals surface area contributed by atoms with Crippen molar-refractivity contribution in [3.63, 3.8) is 0 Å². The molecule has 1 aromatic rings. The van der Waals surface area contributed by atoms with Gasteiger partial charge in [0.05, 0.1) is 18.4 Å². The zero-order valence-electron chi connectivity index (χ0n) is 8.77. The molecule has 0 saturated carbocycles. The number of thiocarbonyl (C=S) groups is 1. The molecule has 0 atom stereocenters. The van der Waals surface area contributed by atoms with Crippen molar-refractivity contribution >= 4 is 17.2 Å². The fourth-order valence-corrected chi connectivity index (χ4v) is 1.29. The van der Waals surface area contributed by atoms with Gasteiger partial charge in [0, 0.05) is 0 Å². The van der Waals surface area contributed by atoms with Crippen LogP contribution in [0.4, 0.5) is 0 Å². The van der Waals surface area contributed by atoms with E-state index >= 15 is 0 Å². The number of aromatic nitrogens is 2. The molecule has 4 nitrogen and oxygen atoms in total. The van der Waals surface area contributed by atoms with Gasteiger partial charge in [-0.05, 0) is 12.5 Å². The first-order valence-corrected chi connectivity index (χ1v) is 5.40. The van der Waals surface area contributed by atoms with Gasteiger partial charge in [-0.2, -0.15) is 5.10 Å². The SMILES string of the molecule is CCCCCOc1nnccc1C(N)=S.